The average molecular weight is 383 g/mol. The Hall–Kier alpha value is -3.29. The third-order valence-electron chi connectivity index (χ3n) is 4.97. The lowest BCUT2D eigenvalue weighted by Crippen LogP contribution is -2.39. The highest BCUT2D eigenvalue weighted by Gasteiger charge is 2.41. The smallest absolute Gasteiger partial charge is 0.337 e. The second kappa shape index (κ2) is 6.70. The third kappa shape index (κ3) is 2.81. The molecule has 2 N–H and O–H groups in total. The first-order valence-corrected chi connectivity index (χ1v) is 9.08. The van der Waals surface area contributed by atoms with Crippen LogP contribution in [0.15, 0.2) is 45.1 Å². The van der Waals surface area contributed by atoms with Crippen LogP contribution >= 0.6 is 0 Å². The summed E-state index contributed by atoms with van der Waals surface area (Å²) in [4.78, 5) is 40.1. The van der Waals surface area contributed by atoms with E-state index < -0.39 is 23.1 Å². The molecule has 0 spiro atoms. The number of esters is 1. The second-order valence-corrected chi connectivity index (χ2v) is 7.33. The molecule has 0 saturated heterocycles. The number of hydrogen-bond acceptors (Lipinski definition) is 6. The molecule has 0 radical (unpaired) electrons. The summed E-state index contributed by atoms with van der Waals surface area (Å²) < 4.78 is 11.9. The van der Waals surface area contributed by atoms with Gasteiger partial charge in [0, 0.05) is 6.54 Å². The Kier molecular flexibility index (Phi) is 4.33. The quantitative estimate of drug-likeness (QED) is 0.777. The Morgan fingerprint density at radius 3 is 2.57 bits per heavy atom. The van der Waals surface area contributed by atoms with Crippen LogP contribution < -0.4 is 21.3 Å². The van der Waals surface area contributed by atoms with Gasteiger partial charge in [-0.2, -0.15) is 0 Å². The minimum absolute atomic E-state index is 0.0862. The molecule has 2 aliphatic rings. The lowest BCUT2D eigenvalue weighted by atomic mass is 9.82. The van der Waals surface area contributed by atoms with Crippen molar-refractivity contribution in [2.45, 2.75) is 26.3 Å². The van der Waals surface area contributed by atoms with Crippen LogP contribution in [0, 0.1) is 5.92 Å². The lowest BCUT2D eigenvalue weighted by Gasteiger charge is -2.28. The number of cyclic esters (lactones) is 1. The molecule has 2 aliphatic heterocycles. The maximum Gasteiger partial charge on any atom is 0.337 e. The molecule has 0 fully saturated rings. The molecule has 1 unspecified atom stereocenters. The molecule has 0 amide bonds. The van der Waals surface area contributed by atoms with E-state index in [0.717, 1.165) is 5.56 Å². The predicted molar refractivity (Wildman–Crippen MR) is 103 cm³/mol. The number of nitrogens with one attached hydrogen (secondary N) is 2. The molecular weight excluding hydrogens is 362 g/mol. The standard InChI is InChI=1S/C20H21N3O5/c1-10(2)8-23-17-16(18(24)22-20(23)26)14(11-4-6-12(27-3)7-5-11)15-13(21-17)9-28-19(15)25/h4-7,10,14,21H,8-9H2,1-3H3,(H,22,24,26). The van der Waals surface area contributed by atoms with Gasteiger partial charge in [-0.25, -0.2) is 9.59 Å². The maximum absolute atomic E-state index is 12.8. The summed E-state index contributed by atoms with van der Waals surface area (Å²) in [5.74, 6) is 0.177. The van der Waals surface area contributed by atoms with Gasteiger partial charge in [0.1, 0.15) is 18.2 Å². The molecule has 1 aromatic heterocycles. The fourth-order valence-electron chi connectivity index (χ4n) is 3.76. The van der Waals surface area contributed by atoms with Crippen molar-refractivity contribution >= 4 is 11.8 Å². The van der Waals surface area contributed by atoms with Crippen LogP contribution in [0.3, 0.4) is 0 Å². The number of ether oxygens (including phenoxy) is 2. The Morgan fingerprint density at radius 1 is 1.21 bits per heavy atom. The molecule has 3 heterocycles. The molecule has 0 saturated carbocycles. The number of hydrogen-bond donors (Lipinski definition) is 2. The van der Waals surface area contributed by atoms with Crippen LogP contribution in [-0.4, -0.2) is 29.2 Å². The van der Waals surface area contributed by atoms with Crippen molar-refractivity contribution in [1.29, 1.82) is 0 Å². The third-order valence-corrected chi connectivity index (χ3v) is 4.97. The first kappa shape index (κ1) is 18.1. The zero-order valence-corrected chi connectivity index (χ0v) is 15.9. The van der Waals surface area contributed by atoms with Gasteiger partial charge in [0.05, 0.1) is 29.9 Å². The van der Waals surface area contributed by atoms with Gasteiger partial charge in [0.15, 0.2) is 0 Å². The fraction of sp³-hybridized carbons (Fsp3) is 0.350. The van der Waals surface area contributed by atoms with E-state index in [0.29, 0.717) is 34.9 Å². The molecule has 28 heavy (non-hydrogen) atoms. The largest absolute Gasteiger partial charge is 0.497 e. The number of nitrogens with zero attached hydrogens (tertiary/aromatic N) is 1. The van der Waals surface area contributed by atoms with Gasteiger partial charge in [-0.05, 0) is 23.6 Å². The van der Waals surface area contributed by atoms with Gasteiger partial charge in [-0.3, -0.25) is 14.3 Å². The molecular formula is C20H21N3O5. The molecule has 2 aromatic rings. The number of rotatable bonds is 4. The highest BCUT2D eigenvalue weighted by Crippen LogP contribution is 2.42. The number of aromatic nitrogens is 2. The number of fused-ring (bicyclic) bond motifs is 1. The van der Waals surface area contributed by atoms with Crippen molar-refractivity contribution in [2.24, 2.45) is 5.92 Å². The van der Waals surface area contributed by atoms with E-state index in [1.165, 1.54) is 4.57 Å². The summed E-state index contributed by atoms with van der Waals surface area (Å²) in [6.45, 7) is 4.49. The predicted octanol–water partition coefficient (Wildman–Crippen LogP) is 1.57. The van der Waals surface area contributed by atoms with Crippen molar-refractivity contribution in [3.05, 3.63) is 67.5 Å². The van der Waals surface area contributed by atoms with Gasteiger partial charge in [-0.1, -0.05) is 26.0 Å². The number of benzene rings is 1. The van der Waals surface area contributed by atoms with Crippen LogP contribution in [0.2, 0.25) is 0 Å². The second-order valence-electron chi connectivity index (χ2n) is 7.33. The average Bonchev–Trinajstić information content (AvgIpc) is 3.04. The molecule has 4 rings (SSSR count). The number of carbonyl (C=O) groups is 1. The number of anilines is 1. The van der Waals surface area contributed by atoms with Gasteiger partial charge in [0.2, 0.25) is 0 Å². The van der Waals surface area contributed by atoms with Crippen molar-refractivity contribution in [3.8, 4) is 5.75 Å². The van der Waals surface area contributed by atoms with E-state index in [-0.39, 0.29) is 12.5 Å². The summed E-state index contributed by atoms with van der Waals surface area (Å²) >= 11 is 0. The van der Waals surface area contributed by atoms with Crippen molar-refractivity contribution in [2.75, 3.05) is 19.0 Å². The van der Waals surface area contributed by atoms with E-state index in [1.54, 1.807) is 19.2 Å². The van der Waals surface area contributed by atoms with E-state index >= 15 is 0 Å². The summed E-state index contributed by atoms with van der Waals surface area (Å²) in [7, 11) is 1.57. The molecule has 1 aromatic carbocycles. The van der Waals surface area contributed by atoms with Crippen LogP contribution in [0.25, 0.3) is 0 Å². The van der Waals surface area contributed by atoms with Gasteiger partial charge in [-0.15, -0.1) is 0 Å². The Labute approximate surface area is 160 Å². The van der Waals surface area contributed by atoms with Crippen LogP contribution in [-0.2, 0) is 16.1 Å². The number of methoxy groups -OCH3 is 1. The van der Waals surface area contributed by atoms with Crippen LogP contribution in [0.1, 0.15) is 30.9 Å². The van der Waals surface area contributed by atoms with Gasteiger partial charge >= 0.3 is 11.7 Å². The molecule has 8 nitrogen and oxygen atoms in total. The molecule has 8 heteroatoms. The van der Waals surface area contributed by atoms with Gasteiger partial charge < -0.3 is 14.8 Å². The van der Waals surface area contributed by atoms with Crippen molar-refractivity contribution in [1.82, 2.24) is 9.55 Å². The van der Waals surface area contributed by atoms with Gasteiger partial charge in [0.25, 0.3) is 5.56 Å². The highest BCUT2D eigenvalue weighted by molar-refractivity contribution is 5.96. The minimum atomic E-state index is -0.630. The van der Waals surface area contributed by atoms with Crippen LogP contribution in [0.5, 0.6) is 5.75 Å². The zero-order chi connectivity index (χ0) is 20.0. The summed E-state index contributed by atoms with van der Waals surface area (Å²) in [6.07, 6.45) is 0. The van der Waals surface area contributed by atoms with Crippen LogP contribution in [0.4, 0.5) is 5.82 Å². The summed E-state index contributed by atoms with van der Waals surface area (Å²) in [5, 5.41) is 3.12. The maximum atomic E-state index is 12.8. The summed E-state index contributed by atoms with van der Waals surface area (Å²) in [6, 6.07) is 7.17. The number of aromatic amines is 1. The summed E-state index contributed by atoms with van der Waals surface area (Å²) in [5.41, 5.74) is 1.07. The molecule has 1 atom stereocenters. The molecule has 0 bridgehead atoms. The minimum Gasteiger partial charge on any atom is -0.497 e. The van der Waals surface area contributed by atoms with Crippen molar-refractivity contribution in [3.63, 3.8) is 0 Å². The first-order valence-electron chi connectivity index (χ1n) is 9.08. The normalized spacial score (nSPS) is 17.9. The van der Waals surface area contributed by atoms with Crippen molar-refractivity contribution < 1.29 is 14.3 Å². The Morgan fingerprint density at radius 2 is 1.93 bits per heavy atom. The van der Waals surface area contributed by atoms with E-state index in [4.69, 9.17) is 9.47 Å². The lowest BCUT2D eigenvalue weighted by molar-refractivity contribution is -0.136. The zero-order valence-electron chi connectivity index (χ0n) is 15.9. The number of H-pyrrole nitrogens is 1. The molecule has 0 aliphatic carbocycles. The fourth-order valence-corrected chi connectivity index (χ4v) is 3.76. The van der Waals surface area contributed by atoms with E-state index in [9.17, 15) is 14.4 Å². The molecule has 146 valence electrons. The Bertz CT molecular complexity index is 1090. The topological polar surface area (TPSA) is 102 Å². The van der Waals surface area contributed by atoms with E-state index in [2.05, 4.69) is 10.3 Å². The Balaban J connectivity index is 1.98. The van der Waals surface area contributed by atoms with E-state index in [1.807, 2.05) is 26.0 Å². The monoisotopic (exact) mass is 383 g/mol. The highest BCUT2D eigenvalue weighted by atomic mass is 16.5. The SMILES string of the molecule is COc1ccc(C2C3=C(COC3=O)Nc3c2c(=O)[nH]c(=O)n3CC(C)C)cc1. The number of carbonyl (C=O) groups excluding carboxylic acids is 1. The first-order chi connectivity index (χ1) is 13.4.